The molecule has 1 saturated heterocycles. The van der Waals surface area contributed by atoms with E-state index in [1.165, 1.54) is 5.56 Å². The Morgan fingerprint density at radius 2 is 2.05 bits per heavy atom. The van der Waals surface area contributed by atoms with Gasteiger partial charge in [-0.3, -0.25) is 4.90 Å². The molecule has 1 aromatic heterocycles. The van der Waals surface area contributed by atoms with E-state index in [2.05, 4.69) is 34.1 Å². The molecule has 1 unspecified atom stereocenters. The second-order valence-electron chi connectivity index (χ2n) is 5.73. The van der Waals surface area contributed by atoms with Gasteiger partial charge in [-0.2, -0.15) is 0 Å². The highest BCUT2D eigenvalue weighted by Gasteiger charge is 2.39. The third-order valence-corrected chi connectivity index (χ3v) is 4.27. The van der Waals surface area contributed by atoms with Gasteiger partial charge in [0, 0.05) is 26.7 Å². The molecule has 1 aromatic carbocycles. The fraction of sp³-hybridized carbons (Fsp3) is 0.438. The molecule has 0 bridgehead atoms. The summed E-state index contributed by atoms with van der Waals surface area (Å²) in [7, 11) is 1.97. The fourth-order valence-corrected chi connectivity index (χ4v) is 2.99. The number of likely N-dealkylation sites (tertiary alicyclic amines) is 1. The summed E-state index contributed by atoms with van der Waals surface area (Å²) in [5.74, 6) is 0.940. The maximum absolute atomic E-state index is 10.9. The molecule has 1 aliphatic heterocycles. The van der Waals surface area contributed by atoms with E-state index in [4.69, 9.17) is 0 Å². The molecule has 1 atom stereocenters. The minimum absolute atomic E-state index is 0.668. The molecule has 0 amide bonds. The molecule has 0 saturated carbocycles. The number of aromatic nitrogens is 2. The molecule has 1 aliphatic rings. The van der Waals surface area contributed by atoms with Gasteiger partial charge in [0.2, 0.25) is 0 Å². The zero-order valence-corrected chi connectivity index (χ0v) is 12.1. The molecule has 0 spiro atoms. The minimum Gasteiger partial charge on any atom is -0.382 e. The Bertz CT molecular complexity index is 593. The molecule has 1 fully saturated rings. The monoisotopic (exact) mass is 271 g/mol. The van der Waals surface area contributed by atoms with Gasteiger partial charge in [0.05, 0.1) is 11.9 Å². The predicted molar refractivity (Wildman–Crippen MR) is 78.2 cm³/mol. The molecule has 3 rings (SSSR count). The number of nitrogens with zero attached hydrogens (tertiary/aromatic N) is 3. The first kappa shape index (κ1) is 13.3. The van der Waals surface area contributed by atoms with Crippen molar-refractivity contribution in [1.29, 1.82) is 0 Å². The highest BCUT2D eigenvalue weighted by atomic mass is 16.3. The quantitative estimate of drug-likeness (QED) is 0.926. The molecule has 1 N–H and O–H groups in total. The second-order valence-corrected chi connectivity index (χ2v) is 5.73. The van der Waals surface area contributed by atoms with E-state index in [1.54, 1.807) is 6.20 Å². The number of rotatable bonds is 3. The van der Waals surface area contributed by atoms with Crippen molar-refractivity contribution in [3.63, 3.8) is 0 Å². The van der Waals surface area contributed by atoms with Crippen LogP contribution in [0.15, 0.2) is 36.5 Å². The number of aliphatic hydroxyl groups is 1. The molecule has 2 heterocycles. The Kier molecular flexibility index (Phi) is 3.36. The number of hydrogen-bond donors (Lipinski definition) is 1. The zero-order chi connectivity index (χ0) is 14.2. The average Bonchev–Trinajstić information content (AvgIpc) is 2.97. The van der Waals surface area contributed by atoms with E-state index in [0.29, 0.717) is 6.54 Å². The largest absolute Gasteiger partial charge is 0.382 e. The summed E-state index contributed by atoms with van der Waals surface area (Å²) in [4.78, 5) is 6.60. The van der Waals surface area contributed by atoms with E-state index in [0.717, 1.165) is 31.0 Å². The van der Waals surface area contributed by atoms with Crippen molar-refractivity contribution in [3.8, 4) is 0 Å². The Morgan fingerprint density at radius 1 is 1.30 bits per heavy atom. The van der Waals surface area contributed by atoms with Crippen LogP contribution in [-0.2, 0) is 19.2 Å². The summed E-state index contributed by atoms with van der Waals surface area (Å²) in [5.41, 5.74) is 1.44. The summed E-state index contributed by atoms with van der Waals surface area (Å²) >= 11 is 0. The summed E-state index contributed by atoms with van der Waals surface area (Å²) < 4.78 is 1.99. The van der Waals surface area contributed by atoms with Crippen LogP contribution >= 0.6 is 0 Å². The predicted octanol–water partition coefficient (Wildman–Crippen LogP) is 1.82. The topological polar surface area (TPSA) is 41.3 Å². The van der Waals surface area contributed by atoms with Crippen molar-refractivity contribution in [2.75, 3.05) is 13.1 Å². The third kappa shape index (κ3) is 2.37. The van der Waals surface area contributed by atoms with Gasteiger partial charge in [-0.05, 0) is 18.9 Å². The number of hydrogen-bond acceptors (Lipinski definition) is 3. The Labute approximate surface area is 119 Å². The van der Waals surface area contributed by atoms with E-state index < -0.39 is 5.60 Å². The van der Waals surface area contributed by atoms with E-state index >= 15 is 0 Å². The van der Waals surface area contributed by atoms with Crippen LogP contribution < -0.4 is 0 Å². The van der Waals surface area contributed by atoms with Crippen LogP contribution in [0.3, 0.4) is 0 Å². The van der Waals surface area contributed by atoms with Gasteiger partial charge in [0.25, 0.3) is 0 Å². The fourth-order valence-electron chi connectivity index (χ4n) is 2.99. The smallest absolute Gasteiger partial charge is 0.120 e. The lowest BCUT2D eigenvalue weighted by Gasteiger charge is -2.24. The molecule has 4 nitrogen and oxygen atoms in total. The highest BCUT2D eigenvalue weighted by Crippen LogP contribution is 2.32. The summed E-state index contributed by atoms with van der Waals surface area (Å²) in [6.45, 7) is 4.43. The van der Waals surface area contributed by atoms with Gasteiger partial charge in [0.15, 0.2) is 0 Å². The first-order valence-electron chi connectivity index (χ1n) is 7.06. The standard InChI is InChI=1S/C16H21N3O/c1-13-17-10-15(18(13)2)16(20)8-9-19(12-16)11-14-6-4-3-5-7-14/h3-7,10,20H,8-9,11-12H2,1-2H3. The maximum atomic E-state index is 10.9. The summed E-state index contributed by atoms with van der Waals surface area (Å²) in [6.07, 6.45) is 2.57. The van der Waals surface area contributed by atoms with Crippen LogP contribution in [0.4, 0.5) is 0 Å². The maximum Gasteiger partial charge on any atom is 0.120 e. The van der Waals surface area contributed by atoms with Crippen LogP contribution in [0.2, 0.25) is 0 Å². The number of aryl methyl sites for hydroxylation is 1. The van der Waals surface area contributed by atoms with E-state index in [9.17, 15) is 5.11 Å². The van der Waals surface area contributed by atoms with Crippen molar-refractivity contribution in [3.05, 3.63) is 53.6 Å². The van der Waals surface area contributed by atoms with Crippen LogP contribution in [0.1, 0.15) is 23.5 Å². The molecular weight excluding hydrogens is 250 g/mol. The van der Waals surface area contributed by atoms with Crippen LogP contribution in [-0.4, -0.2) is 32.6 Å². The molecule has 0 aliphatic carbocycles. The lowest BCUT2D eigenvalue weighted by Crippen LogP contribution is -2.32. The van der Waals surface area contributed by atoms with Gasteiger partial charge < -0.3 is 9.67 Å². The Hall–Kier alpha value is -1.65. The SMILES string of the molecule is Cc1ncc(C2(O)CCN(Cc3ccccc3)C2)n1C. The third-order valence-electron chi connectivity index (χ3n) is 4.27. The lowest BCUT2D eigenvalue weighted by molar-refractivity contribution is 0.0380. The second kappa shape index (κ2) is 5.04. The van der Waals surface area contributed by atoms with Gasteiger partial charge in [0.1, 0.15) is 11.4 Å². The zero-order valence-electron chi connectivity index (χ0n) is 12.1. The van der Waals surface area contributed by atoms with Gasteiger partial charge in [-0.1, -0.05) is 30.3 Å². The lowest BCUT2D eigenvalue weighted by atomic mass is 9.99. The number of imidazole rings is 1. The Morgan fingerprint density at radius 3 is 2.70 bits per heavy atom. The van der Waals surface area contributed by atoms with Crippen molar-refractivity contribution >= 4 is 0 Å². The molecular formula is C16H21N3O. The van der Waals surface area contributed by atoms with E-state index in [1.807, 2.05) is 24.6 Å². The van der Waals surface area contributed by atoms with Crippen molar-refractivity contribution in [1.82, 2.24) is 14.5 Å². The Balaban J connectivity index is 1.74. The van der Waals surface area contributed by atoms with E-state index in [-0.39, 0.29) is 0 Å². The first-order valence-corrected chi connectivity index (χ1v) is 7.06. The normalized spacial score (nSPS) is 23.4. The minimum atomic E-state index is -0.773. The summed E-state index contributed by atoms with van der Waals surface area (Å²) in [6, 6.07) is 10.4. The van der Waals surface area contributed by atoms with Crippen molar-refractivity contribution in [2.45, 2.75) is 25.5 Å². The van der Waals surface area contributed by atoms with Crippen molar-refractivity contribution < 1.29 is 5.11 Å². The molecule has 106 valence electrons. The number of benzene rings is 1. The molecule has 4 heteroatoms. The van der Waals surface area contributed by atoms with Crippen LogP contribution in [0.5, 0.6) is 0 Å². The summed E-state index contributed by atoms with van der Waals surface area (Å²) in [5, 5.41) is 10.9. The average molecular weight is 271 g/mol. The first-order chi connectivity index (χ1) is 9.58. The molecule has 20 heavy (non-hydrogen) atoms. The molecule has 0 radical (unpaired) electrons. The van der Waals surface area contributed by atoms with Crippen LogP contribution in [0, 0.1) is 6.92 Å². The highest BCUT2D eigenvalue weighted by molar-refractivity contribution is 5.18. The van der Waals surface area contributed by atoms with Gasteiger partial charge >= 0.3 is 0 Å². The molecule has 2 aromatic rings. The van der Waals surface area contributed by atoms with Gasteiger partial charge in [-0.25, -0.2) is 4.98 Å². The van der Waals surface area contributed by atoms with Gasteiger partial charge in [-0.15, -0.1) is 0 Å². The van der Waals surface area contributed by atoms with Crippen LogP contribution in [0.25, 0.3) is 0 Å². The number of β-amino-alcohol motifs (C(OH)–C–C–N with tert-alkyl or cyclic N) is 1. The van der Waals surface area contributed by atoms with Crippen molar-refractivity contribution in [2.24, 2.45) is 7.05 Å².